The average molecular weight is 183 g/mol. The Bertz CT molecular complexity index is 194. The first-order valence-corrected chi connectivity index (χ1v) is 5.49. The van der Waals surface area contributed by atoms with Crippen molar-refractivity contribution >= 4 is 11.3 Å². The van der Waals surface area contributed by atoms with Crippen molar-refractivity contribution in [1.82, 2.24) is 0 Å². The van der Waals surface area contributed by atoms with E-state index in [0.717, 1.165) is 12.8 Å². The minimum Gasteiger partial charge on any atom is -0.327 e. The first kappa shape index (κ1) is 9.75. The number of hydrogen-bond acceptors (Lipinski definition) is 2. The van der Waals surface area contributed by atoms with E-state index in [1.54, 1.807) is 11.3 Å². The van der Waals surface area contributed by atoms with Gasteiger partial charge in [-0.15, -0.1) is 11.3 Å². The summed E-state index contributed by atoms with van der Waals surface area (Å²) >= 11 is 1.80. The molecule has 12 heavy (non-hydrogen) atoms. The van der Waals surface area contributed by atoms with Gasteiger partial charge in [0.25, 0.3) is 0 Å². The number of rotatable bonds is 5. The molecule has 2 heteroatoms. The van der Waals surface area contributed by atoms with Crippen LogP contribution < -0.4 is 5.73 Å². The highest BCUT2D eigenvalue weighted by Gasteiger charge is 2.03. The minimum absolute atomic E-state index is 0.364. The maximum atomic E-state index is 5.96. The topological polar surface area (TPSA) is 26.0 Å². The lowest BCUT2D eigenvalue weighted by Crippen LogP contribution is -2.21. The number of hydrogen-bond donors (Lipinski definition) is 1. The van der Waals surface area contributed by atoms with Gasteiger partial charge in [-0.05, 0) is 24.3 Å². The van der Waals surface area contributed by atoms with E-state index >= 15 is 0 Å². The number of nitrogens with two attached hydrogens (primary N) is 1. The van der Waals surface area contributed by atoms with Crippen LogP contribution in [-0.4, -0.2) is 6.04 Å². The lowest BCUT2D eigenvalue weighted by molar-refractivity contribution is 0.577. The first-order valence-electron chi connectivity index (χ1n) is 4.61. The summed E-state index contributed by atoms with van der Waals surface area (Å²) in [5.74, 6) is 0. The van der Waals surface area contributed by atoms with Gasteiger partial charge in [0.2, 0.25) is 0 Å². The van der Waals surface area contributed by atoms with Crippen LogP contribution in [0.4, 0.5) is 0 Å². The molecule has 2 N–H and O–H groups in total. The van der Waals surface area contributed by atoms with Crippen molar-refractivity contribution in [3.8, 4) is 0 Å². The molecule has 0 bridgehead atoms. The zero-order valence-corrected chi connectivity index (χ0v) is 8.44. The van der Waals surface area contributed by atoms with Crippen LogP contribution >= 0.6 is 11.3 Å². The molecule has 1 nitrogen and oxygen atoms in total. The van der Waals surface area contributed by atoms with Crippen molar-refractivity contribution < 1.29 is 0 Å². The molecule has 1 aromatic rings. The van der Waals surface area contributed by atoms with E-state index in [9.17, 15) is 0 Å². The zero-order chi connectivity index (χ0) is 8.81. The van der Waals surface area contributed by atoms with Gasteiger partial charge in [-0.3, -0.25) is 0 Å². The Morgan fingerprint density at radius 1 is 1.58 bits per heavy atom. The van der Waals surface area contributed by atoms with Gasteiger partial charge in [0, 0.05) is 10.9 Å². The largest absolute Gasteiger partial charge is 0.327 e. The summed E-state index contributed by atoms with van der Waals surface area (Å²) in [5.41, 5.74) is 5.96. The minimum atomic E-state index is 0.364. The maximum Gasteiger partial charge on any atom is 0.00871 e. The predicted molar refractivity (Wildman–Crippen MR) is 55.5 cm³/mol. The van der Waals surface area contributed by atoms with Crippen molar-refractivity contribution in [2.75, 3.05) is 0 Å². The van der Waals surface area contributed by atoms with Gasteiger partial charge in [-0.1, -0.05) is 25.8 Å². The van der Waals surface area contributed by atoms with Gasteiger partial charge in [-0.25, -0.2) is 0 Å². The van der Waals surface area contributed by atoms with Gasteiger partial charge in [-0.2, -0.15) is 0 Å². The average Bonchev–Trinajstić information content (AvgIpc) is 2.53. The third-order valence-electron chi connectivity index (χ3n) is 1.97. The normalized spacial score (nSPS) is 13.2. The van der Waals surface area contributed by atoms with Gasteiger partial charge in [0.1, 0.15) is 0 Å². The van der Waals surface area contributed by atoms with E-state index in [-0.39, 0.29) is 0 Å². The Morgan fingerprint density at radius 3 is 3.00 bits per heavy atom. The zero-order valence-electron chi connectivity index (χ0n) is 7.62. The second-order valence-electron chi connectivity index (χ2n) is 3.19. The van der Waals surface area contributed by atoms with Crippen LogP contribution in [0.2, 0.25) is 0 Å². The van der Waals surface area contributed by atoms with Crippen molar-refractivity contribution in [2.24, 2.45) is 5.73 Å². The summed E-state index contributed by atoms with van der Waals surface area (Å²) in [6.07, 6.45) is 4.72. The SMILES string of the molecule is CCCCC(N)Cc1cccs1. The van der Waals surface area contributed by atoms with Crippen molar-refractivity contribution in [3.63, 3.8) is 0 Å². The molecule has 1 unspecified atom stereocenters. The summed E-state index contributed by atoms with van der Waals surface area (Å²) in [6.45, 7) is 2.21. The third-order valence-corrected chi connectivity index (χ3v) is 2.87. The number of thiophene rings is 1. The van der Waals surface area contributed by atoms with Crippen LogP contribution in [0.1, 0.15) is 31.1 Å². The molecule has 1 rings (SSSR count). The highest BCUT2D eigenvalue weighted by molar-refractivity contribution is 7.09. The highest BCUT2D eigenvalue weighted by Crippen LogP contribution is 2.12. The van der Waals surface area contributed by atoms with E-state index < -0.39 is 0 Å². The summed E-state index contributed by atoms with van der Waals surface area (Å²) in [4.78, 5) is 1.42. The van der Waals surface area contributed by atoms with E-state index in [2.05, 4.69) is 24.4 Å². The lowest BCUT2D eigenvalue weighted by Gasteiger charge is -2.08. The summed E-state index contributed by atoms with van der Waals surface area (Å²) in [5, 5.41) is 2.11. The molecule has 0 saturated carbocycles. The molecule has 0 aliphatic carbocycles. The lowest BCUT2D eigenvalue weighted by atomic mass is 10.1. The summed E-state index contributed by atoms with van der Waals surface area (Å²) < 4.78 is 0. The van der Waals surface area contributed by atoms with Crippen LogP contribution in [0.3, 0.4) is 0 Å². The smallest absolute Gasteiger partial charge is 0.00871 e. The molecule has 1 atom stereocenters. The molecule has 0 spiro atoms. The molecule has 0 radical (unpaired) electrons. The Labute approximate surface area is 78.6 Å². The first-order chi connectivity index (χ1) is 5.83. The van der Waals surface area contributed by atoms with Crippen LogP contribution in [0.15, 0.2) is 17.5 Å². The Hall–Kier alpha value is -0.340. The molecule has 1 aromatic heterocycles. The van der Waals surface area contributed by atoms with Crippen molar-refractivity contribution in [1.29, 1.82) is 0 Å². The second kappa shape index (κ2) is 5.33. The molecule has 0 aliphatic rings. The summed E-state index contributed by atoms with van der Waals surface area (Å²) in [7, 11) is 0. The molecule has 0 saturated heterocycles. The second-order valence-corrected chi connectivity index (χ2v) is 4.22. The highest BCUT2D eigenvalue weighted by atomic mass is 32.1. The number of unbranched alkanes of at least 4 members (excludes halogenated alkanes) is 1. The van der Waals surface area contributed by atoms with Gasteiger partial charge < -0.3 is 5.73 Å². The summed E-state index contributed by atoms with van der Waals surface area (Å²) in [6, 6.07) is 4.62. The van der Waals surface area contributed by atoms with E-state index in [1.165, 1.54) is 17.7 Å². The molecule has 0 aromatic carbocycles. The molecule has 1 heterocycles. The Balaban J connectivity index is 2.22. The Kier molecular flexibility index (Phi) is 4.33. The van der Waals surface area contributed by atoms with Crippen LogP contribution in [0.25, 0.3) is 0 Å². The molecule has 0 amide bonds. The van der Waals surface area contributed by atoms with Crippen molar-refractivity contribution in [2.45, 2.75) is 38.6 Å². The van der Waals surface area contributed by atoms with Crippen LogP contribution in [0.5, 0.6) is 0 Å². The quantitative estimate of drug-likeness (QED) is 0.746. The standard InChI is InChI=1S/C10H17NS/c1-2-3-5-9(11)8-10-6-4-7-12-10/h4,6-7,9H,2-3,5,8,11H2,1H3. The fourth-order valence-corrected chi connectivity index (χ4v) is 2.05. The van der Waals surface area contributed by atoms with Crippen molar-refractivity contribution in [3.05, 3.63) is 22.4 Å². The molecular formula is C10H17NS. The van der Waals surface area contributed by atoms with Crippen LogP contribution in [0, 0.1) is 0 Å². The molecular weight excluding hydrogens is 166 g/mol. The monoisotopic (exact) mass is 183 g/mol. The Morgan fingerprint density at radius 2 is 2.42 bits per heavy atom. The van der Waals surface area contributed by atoms with E-state index in [4.69, 9.17) is 5.73 Å². The van der Waals surface area contributed by atoms with E-state index in [1.807, 2.05) is 0 Å². The van der Waals surface area contributed by atoms with E-state index in [0.29, 0.717) is 6.04 Å². The van der Waals surface area contributed by atoms with Gasteiger partial charge >= 0.3 is 0 Å². The van der Waals surface area contributed by atoms with Crippen LogP contribution in [-0.2, 0) is 6.42 Å². The van der Waals surface area contributed by atoms with Gasteiger partial charge in [0.05, 0.1) is 0 Å². The fourth-order valence-electron chi connectivity index (χ4n) is 1.26. The fraction of sp³-hybridized carbons (Fsp3) is 0.600. The molecule has 68 valence electrons. The van der Waals surface area contributed by atoms with Gasteiger partial charge in [0.15, 0.2) is 0 Å². The third kappa shape index (κ3) is 3.37. The maximum absolute atomic E-state index is 5.96. The molecule has 0 aliphatic heterocycles. The molecule has 0 fully saturated rings. The predicted octanol–water partition coefficient (Wildman–Crippen LogP) is 2.81.